The summed E-state index contributed by atoms with van der Waals surface area (Å²) in [5.74, 6) is 1.01. The van der Waals surface area contributed by atoms with Gasteiger partial charge in [-0.1, -0.05) is 30.7 Å². The zero-order valence-corrected chi connectivity index (χ0v) is 15.4. The largest absolute Gasteiger partial charge is 0.481 e. The highest BCUT2D eigenvalue weighted by Crippen LogP contribution is 2.45. The number of nitrogen functional groups attached to an aromatic ring is 1. The monoisotopic (exact) mass is 376 g/mol. The van der Waals surface area contributed by atoms with Crippen LogP contribution in [0, 0.1) is 0 Å². The van der Waals surface area contributed by atoms with E-state index in [0.29, 0.717) is 11.7 Å². The van der Waals surface area contributed by atoms with Gasteiger partial charge in [-0.15, -0.1) is 0 Å². The van der Waals surface area contributed by atoms with Gasteiger partial charge in [-0.3, -0.25) is 4.79 Å². The second-order valence-electron chi connectivity index (χ2n) is 6.74. The van der Waals surface area contributed by atoms with Crippen LogP contribution in [0.3, 0.4) is 0 Å². The first-order valence-electron chi connectivity index (χ1n) is 8.97. The van der Waals surface area contributed by atoms with E-state index in [1.165, 1.54) is 13.4 Å². The van der Waals surface area contributed by atoms with Gasteiger partial charge in [0.2, 0.25) is 17.7 Å². The topological polar surface area (TPSA) is 116 Å². The lowest BCUT2D eigenvalue weighted by molar-refractivity contribution is -0.124. The van der Waals surface area contributed by atoms with E-state index in [4.69, 9.17) is 10.5 Å². The minimum Gasteiger partial charge on any atom is -0.481 e. The van der Waals surface area contributed by atoms with Crippen LogP contribution in [0.5, 0.6) is 5.88 Å². The summed E-state index contributed by atoms with van der Waals surface area (Å²) in [5, 5.41) is 2.91. The summed E-state index contributed by atoms with van der Waals surface area (Å²) >= 11 is 0. The van der Waals surface area contributed by atoms with E-state index in [1.807, 2.05) is 24.3 Å². The molecule has 28 heavy (non-hydrogen) atoms. The van der Waals surface area contributed by atoms with Crippen molar-refractivity contribution in [3.8, 4) is 17.0 Å². The lowest BCUT2D eigenvalue weighted by atomic mass is 9.63. The van der Waals surface area contributed by atoms with Gasteiger partial charge in [-0.2, -0.15) is 0 Å². The van der Waals surface area contributed by atoms with Crippen molar-refractivity contribution < 1.29 is 9.53 Å². The maximum Gasteiger partial charge on any atom is 0.236 e. The number of aromatic nitrogens is 4. The quantitative estimate of drug-likeness (QED) is 0.703. The fraction of sp³-hybridized carbons (Fsp3) is 0.250. The molecular weight excluding hydrogens is 356 g/mol. The molecule has 0 unspecified atom stereocenters. The third kappa shape index (κ3) is 3.24. The fourth-order valence-corrected chi connectivity index (χ4v) is 3.40. The molecular formula is C20H20N6O2. The van der Waals surface area contributed by atoms with Crippen molar-refractivity contribution in [3.63, 3.8) is 0 Å². The number of nitrogens with one attached hydrogen (secondary N) is 1. The lowest BCUT2D eigenvalue weighted by Gasteiger charge is -2.40. The molecule has 0 saturated heterocycles. The second-order valence-corrected chi connectivity index (χ2v) is 6.74. The van der Waals surface area contributed by atoms with Crippen molar-refractivity contribution in [1.29, 1.82) is 0 Å². The van der Waals surface area contributed by atoms with Crippen LogP contribution < -0.4 is 15.8 Å². The third-order valence-electron chi connectivity index (χ3n) is 5.18. The molecule has 0 atom stereocenters. The Morgan fingerprint density at radius 3 is 2.39 bits per heavy atom. The van der Waals surface area contributed by atoms with Gasteiger partial charge in [-0.05, 0) is 24.0 Å². The van der Waals surface area contributed by atoms with Crippen LogP contribution in [0.4, 0.5) is 11.8 Å². The first-order chi connectivity index (χ1) is 13.6. The number of nitrogens with two attached hydrogens (primary N) is 1. The molecule has 2 heterocycles. The zero-order chi connectivity index (χ0) is 19.6. The minimum atomic E-state index is -0.547. The Bertz CT molecular complexity index is 984. The molecule has 1 saturated carbocycles. The van der Waals surface area contributed by atoms with Gasteiger partial charge in [0.15, 0.2) is 0 Å². The Kier molecular flexibility index (Phi) is 4.60. The van der Waals surface area contributed by atoms with E-state index in [-0.39, 0.29) is 11.9 Å². The Morgan fingerprint density at radius 2 is 1.79 bits per heavy atom. The van der Waals surface area contributed by atoms with Crippen molar-refractivity contribution in [2.75, 3.05) is 18.2 Å². The molecule has 0 bridgehead atoms. The molecule has 3 N–H and O–H groups in total. The molecule has 1 fully saturated rings. The van der Waals surface area contributed by atoms with Gasteiger partial charge >= 0.3 is 0 Å². The number of methoxy groups -OCH3 is 1. The van der Waals surface area contributed by atoms with E-state index < -0.39 is 5.41 Å². The fourth-order valence-electron chi connectivity index (χ4n) is 3.40. The molecule has 8 heteroatoms. The van der Waals surface area contributed by atoms with E-state index in [2.05, 4.69) is 25.3 Å². The number of carbonyl (C=O) groups excluding carboxylic acids is 1. The number of carbonyl (C=O) groups is 1. The van der Waals surface area contributed by atoms with Gasteiger partial charge in [0.05, 0.1) is 12.5 Å². The molecule has 8 nitrogen and oxygen atoms in total. The smallest absolute Gasteiger partial charge is 0.236 e. The van der Waals surface area contributed by atoms with Crippen LogP contribution in [0.1, 0.15) is 24.8 Å². The van der Waals surface area contributed by atoms with E-state index in [9.17, 15) is 4.79 Å². The van der Waals surface area contributed by atoms with Gasteiger partial charge in [0.25, 0.3) is 0 Å². The first-order valence-corrected chi connectivity index (χ1v) is 8.97. The van der Waals surface area contributed by atoms with E-state index in [0.717, 1.165) is 36.0 Å². The highest BCUT2D eigenvalue weighted by molar-refractivity contribution is 5.99. The SMILES string of the molecule is COc1cc(NC(=O)C2(c3ccc(-c4cnc(N)nc4)cc3)CCC2)ncn1. The number of benzene rings is 1. The van der Waals surface area contributed by atoms with Gasteiger partial charge in [0.1, 0.15) is 12.1 Å². The summed E-state index contributed by atoms with van der Waals surface area (Å²) in [7, 11) is 1.52. The zero-order valence-electron chi connectivity index (χ0n) is 15.4. The number of anilines is 2. The lowest BCUT2D eigenvalue weighted by Crippen LogP contribution is -2.46. The molecule has 1 aromatic carbocycles. The summed E-state index contributed by atoms with van der Waals surface area (Å²) in [6, 6.07) is 9.54. The molecule has 0 spiro atoms. The van der Waals surface area contributed by atoms with Crippen molar-refractivity contribution in [1.82, 2.24) is 19.9 Å². The minimum absolute atomic E-state index is 0.0666. The van der Waals surface area contributed by atoms with Crippen molar-refractivity contribution in [2.24, 2.45) is 0 Å². The van der Waals surface area contributed by atoms with E-state index >= 15 is 0 Å². The Morgan fingerprint density at radius 1 is 1.07 bits per heavy atom. The summed E-state index contributed by atoms with van der Waals surface area (Å²) < 4.78 is 5.09. The molecule has 0 aliphatic heterocycles. The van der Waals surface area contributed by atoms with Crippen LogP contribution in [0.2, 0.25) is 0 Å². The van der Waals surface area contributed by atoms with Crippen molar-refractivity contribution in [2.45, 2.75) is 24.7 Å². The number of ether oxygens (including phenoxy) is 1. The van der Waals surface area contributed by atoms with Gasteiger partial charge in [-0.25, -0.2) is 19.9 Å². The highest BCUT2D eigenvalue weighted by Gasteiger charge is 2.45. The highest BCUT2D eigenvalue weighted by atomic mass is 16.5. The number of hydrogen-bond acceptors (Lipinski definition) is 7. The molecule has 3 aromatic rings. The van der Waals surface area contributed by atoms with Gasteiger partial charge in [0, 0.05) is 24.0 Å². The molecule has 4 rings (SSSR count). The average Bonchev–Trinajstić information content (AvgIpc) is 2.68. The molecule has 0 radical (unpaired) electrons. The second kappa shape index (κ2) is 7.22. The van der Waals surface area contributed by atoms with E-state index in [1.54, 1.807) is 18.5 Å². The van der Waals surface area contributed by atoms with Crippen molar-refractivity contribution in [3.05, 3.63) is 54.6 Å². The summed E-state index contributed by atoms with van der Waals surface area (Å²) in [4.78, 5) is 29.2. The molecule has 142 valence electrons. The van der Waals surface area contributed by atoms with Crippen LogP contribution in [0.25, 0.3) is 11.1 Å². The number of rotatable bonds is 5. The summed E-state index contributed by atoms with van der Waals surface area (Å²) in [6.45, 7) is 0. The summed E-state index contributed by atoms with van der Waals surface area (Å²) in [5.41, 5.74) is 7.83. The predicted octanol–water partition coefficient (Wildman–Crippen LogP) is 2.58. The van der Waals surface area contributed by atoms with Crippen LogP contribution >= 0.6 is 0 Å². The normalized spacial score (nSPS) is 14.8. The maximum atomic E-state index is 13.1. The number of nitrogens with zero attached hydrogens (tertiary/aromatic N) is 4. The average molecular weight is 376 g/mol. The predicted molar refractivity (Wildman–Crippen MR) is 105 cm³/mol. The van der Waals surface area contributed by atoms with Crippen LogP contribution in [-0.2, 0) is 10.2 Å². The Labute approximate surface area is 162 Å². The molecule has 1 aliphatic carbocycles. The number of amides is 1. The van der Waals surface area contributed by atoms with Crippen molar-refractivity contribution >= 4 is 17.7 Å². The van der Waals surface area contributed by atoms with Gasteiger partial charge < -0.3 is 15.8 Å². The van der Waals surface area contributed by atoms with Crippen LogP contribution in [0.15, 0.2) is 49.1 Å². The maximum absolute atomic E-state index is 13.1. The third-order valence-corrected chi connectivity index (χ3v) is 5.18. The Balaban J connectivity index is 1.56. The van der Waals surface area contributed by atoms with Crippen LogP contribution in [-0.4, -0.2) is 33.0 Å². The first kappa shape index (κ1) is 17.8. The molecule has 1 amide bonds. The summed E-state index contributed by atoms with van der Waals surface area (Å²) in [6.07, 6.45) is 7.34. The Hall–Kier alpha value is -3.55. The molecule has 2 aromatic heterocycles. The number of hydrogen-bond donors (Lipinski definition) is 2. The standard InChI is InChI=1S/C20H20N6O2/c1-28-17-9-16(24-12-25-17)26-18(27)20(7-2-8-20)15-5-3-13(4-6-15)14-10-22-19(21)23-11-14/h3-6,9-12H,2,7-8H2,1H3,(H2,21,22,23)(H,24,25,26,27). The molecule has 1 aliphatic rings.